The van der Waals surface area contributed by atoms with Gasteiger partial charge in [0.25, 0.3) is 5.91 Å². The largest absolute Gasteiger partial charge is 0.490 e. The number of methoxy groups -OCH3 is 1. The Labute approximate surface area is 123 Å². The summed E-state index contributed by atoms with van der Waals surface area (Å²) in [6.45, 7) is 1.62. The quantitative estimate of drug-likeness (QED) is 0.658. The number of nitrogens with one attached hydrogen (secondary N) is 1. The van der Waals surface area contributed by atoms with Gasteiger partial charge in [-0.15, -0.1) is 0 Å². The van der Waals surface area contributed by atoms with Gasteiger partial charge in [-0.2, -0.15) is 0 Å². The summed E-state index contributed by atoms with van der Waals surface area (Å²) in [6.07, 6.45) is 1.66. The van der Waals surface area contributed by atoms with Crippen LogP contribution in [0.5, 0.6) is 11.5 Å². The Morgan fingerprint density at radius 1 is 1.24 bits per heavy atom. The number of hydrogen-bond donors (Lipinski definition) is 1. The fourth-order valence-corrected chi connectivity index (χ4v) is 1.94. The van der Waals surface area contributed by atoms with Crippen molar-refractivity contribution in [2.45, 2.75) is 19.3 Å². The molecule has 0 saturated carbocycles. The van der Waals surface area contributed by atoms with Gasteiger partial charge in [-0.1, -0.05) is 0 Å². The molecule has 1 aliphatic rings. The lowest BCUT2D eigenvalue weighted by Gasteiger charge is -2.09. The van der Waals surface area contributed by atoms with E-state index in [0.717, 1.165) is 6.42 Å². The molecule has 1 N–H and O–H groups in total. The Morgan fingerprint density at radius 3 is 2.76 bits per heavy atom. The van der Waals surface area contributed by atoms with E-state index in [1.165, 1.54) is 7.11 Å². The molecule has 0 atom stereocenters. The van der Waals surface area contributed by atoms with E-state index in [9.17, 15) is 9.59 Å². The van der Waals surface area contributed by atoms with Gasteiger partial charge in [-0.3, -0.25) is 9.59 Å². The lowest BCUT2D eigenvalue weighted by molar-refractivity contribution is -0.140. The molecule has 1 aromatic rings. The SMILES string of the molecule is COC(=O)CCCNC(=O)c1ccc2c(c1)OCCCO2. The summed E-state index contributed by atoms with van der Waals surface area (Å²) in [7, 11) is 1.35. The zero-order valence-corrected chi connectivity index (χ0v) is 12.0. The summed E-state index contributed by atoms with van der Waals surface area (Å²) in [5.41, 5.74) is 0.511. The van der Waals surface area contributed by atoms with E-state index in [-0.39, 0.29) is 18.3 Å². The summed E-state index contributed by atoms with van der Waals surface area (Å²) in [5.74, 6) is 0.778. The summed E-state index contributed by atoms with van der Waals surface area (Å²) in [6, 6.07) is 5.11. The highest BCUT2D eigenvalue weighted by molar-refractivity contribution is 5.94. The van der Waals surface area contributed by atoms with E-state index >= 15 is 0 Å². The van der Waals surface area contributed by atoms with Crippen molar-refractivity contribution in [3.8, 4) is 11.5 Å². The standard InChI is InChI=1S/C15H19NO5/c1-19-14(17)4-2-7-16-15(18)11-5-6-12-13(10-11)21-9-3-8-20-12/h5-6,10H,2-4,7-9H2,1H3,(H,16,18). The second kappa shape index (κ2) is 7.52. The van der Waals surface area contributed by atoms with Crippen molar-refractivity contribution < 1.29 is 23.8 Å². The van der Waals surface area contributed by atoms with Gasteiger partial charge in [-0.25, -0.2) is 0 Å². The maximum Gasteiger partial charge on any atom is 0.305 e. The minimum absolute atomic E-state index is 0.199. The van der Waals surface area contributed by atoms with Gasteiger partial charge in [0.15, 0.2) is 11.5 Å². The van der Waals surface area contributed by atoms with E-state index in [2.05, 4.69) is 10.1 Å². The number of amides is 1. The molecule has 1 aromatic carbocycles. The zero-order chi connectivity index (χ0) is 15.1. The van der Waals surface area contributed by atoms with Gasteiger partial charge in [0.2, 0.25) is 0 Å². The topological polar surface area (TPSA) is 73.9 Å². The van der Waals surface area contributed by atoms with Crippen LogP contribution in [-0.4, -0.2) is 38.7 Å². The van der Waals surface area contributed by atoms with Crippen LogP contribution in [0.2, 0.25) is 0 Å². The third-order valence-electron chi connectivity index (χ3n) is 3.08. The number of benzene rings is 1. The van der Waals surface area contributed by atoms with Crippen molar-refractivity contribution in [3.63, 3.8) is 0 Å². The van der Waals surface area contributed by atoms with Crippen LogP contribution in [0.4, 0.5) is 0 Å². The normalized spacial score (nSPS) is 13.2. The zero-order valence-electron chi connectivity index (χ0n) is 12.0. The van der Waals surface area contributed by atoms with Crippen LogP contribution in [0.15, 0.2) is 18.2 Å². The molecule has 6 heteroatoms. The molecule has 0 radical (unpaired) electrons. The molecule has 0 aromatic heterocycles. The molecular weight excluding hydrogens is 274 g/mol. The van der Waals surface area contributed by atoms with E-state index in [1.54, 1.807) is 18.2 Å². The Balaban J connectivity index is 1.88. The predicted molar refractivity (Wildman–Crippen MR) is 75.6 cm³/mol. The maximum absolute atomic E-state index is 12.0. The van der Waals surface area contributed by atoms with Crippen molar-refractivity contribution in [2.24, 2.45) is 0 Å². The Hall–Kier alpha value is -2.24. The Kier molecular flexibility index (Phi) is 5.43. The van der Waals surface area contributed by atoms with Crippen LogP contribution in [0.3, 0.4) is 0 Å². The molecular formula is C15H19NO5. The van der Waals surface area contributed by atoms with Crippen molar-refractivity contribution in [1.29, 1.82) is 0 Å². The summed E-state index contributed by atoms with van der Waals surface area (Å²) >= 11 is 0. The van der Waals surface area contributed by atoms with Crippen LogP contribution in [0, 0.1) is 0 Å². The highest BCUT2D eigenvalue weighted by atomic mass is 16.5. The average Bonchev–Trinajstić information content (AvgIpc) is 2.75. The minimum atomic E-state index is -0.278. The lowest BCUT2D eigenvalue weighted by Crippen LogP contribution is -2.25. The highest BCUT2D eigenvalue weighted by Gasteiger charge is 2.13. The average molecular weight is 293 g/mol. The minimum Gasteiger partial charge on any atom is -0.490 e. The van der Waals surface area contributed by atoms with Crippen LogP contribution >= 0.6 is 0 Å². The van der Waals surface area contributed by atoms with Crippen molar-refractivity contribution in [3.05, 3.63) is 23.8 Å². The van der Waals surface area contributed by atoms with E-state index < -0.39 is 0 Å². The highest BCUT2D eigenvalue weighted by Crippen LogP contribution is 2.30. The number of rotatable bonds is 5. The molecule has 0 saturated heterocycles. The van der Waals surface area contributed by atoms with E-state index in [4.69, 9.17) is 9.47 Å². The molecule has 114 valence electrons. The van der Waals surface area contributed by atoms with Crippen LogP contribution in [0.25, 0.3) is 0 Å². The number of carbonyl (C=O) groups excluding carboxylic acids is 2. The molecule has 1 heterocycles. The van der Waals surface area contributed by atoms with Crippen molar-refractivity contribution >= 4 is 11.9 Å². The third kappa shape index (κ3) is 4.37. The van der Waals surface area contributed by atoms with Gasteiger partial charge >= 0.3 is 5.97 Å². The van der Waals surface area contributed by atoms with E-state index in [0.29, 0.717) is 43.2 Å². The third-order valence-corrected chi connectivity index (χ3v) is 3.08. The molecule has 2 rings (SSSR count). The first kappa shape index (κ1) is 15.2. The van der Waals surface area contributed by atoms with Crippen molar-refractivity contribution in [1.82, 2.24) is 5.32 Å². The second-order valence-corrected chi connectivity index (χ2v) is 4.65. The van der Waals surface area contributed by atoms with Gasteiger partial charge in [0.1, 0.15) is 0 Å². The van der Waals surface area contributed by atoms with Crippen LogP contribution in [-0.2, 0) is 9.53 Å². The van der Waals surface area contributed by atoms with Gasteiger partial charge in [-0.05, 0) is 24.6 Å². The number of hydrogen-bond acceptors (Lipinski definition) is 5. The molecule has 21 heavy (non-hydrogen) atoms. The maximum atomic E-state index is 12.0. The molecule has 0 aliphatic carbocycles. The monoisotopic (exact) mass is 293 g/mol. The number of carbonyl (C=O) groups is 2. The molecule has 0 unspecified atom stereocenters. The summed E-state index contributed by atoms with van der Waals surface area (Å²) in [4.78, 5) is 23.0. The fourth-order valence-electron chi connectivity index (χ4n) is 1.94. The number of esters is 1. The lowest BCUT2D eigenvalue weighted by atomic mass is 10.2. The molecule has 1 amide bonds. The van der Waals surface area contributed by atoms with Crippen LogP contribution < -0.4 is 14.8 Å². The van der Waals surface area contributed by atoms with Gasteiger partial charge in [0.05, 0.1) is 20.3 Å². The smallest absolute Gasteiger partial charge is 0.305 e. The first-order valence-corrected chi connectivity index (χ1v) is 6.95. The molecule has 1 aliphatic heterocycles. The Morgan fingerprint density at radius 2 is 2.00 bits per heavy atom. The summed E-state index contributed by atoms with van der Waals surface area (Å²) < 4.78 is 15.6. The molecule has 0 bridgehead atoms. The van der Waals surface area contributed by atoms with Gasteiger partial charge in [0, 0.05) is 24.9 Å². The first-order valence-electron chi connectivity index (χ1n) is 6.95. The molecule has 0 spiro atoms. The second-order valence-electron chi connectivity index (χ2n) is 4.65. The number of ether oxygens (including phenoxy) is 3. The Bertz CT molecular complexity index is 515. The summed E-state index contributed by atoms with van der Waals surface area (Å²) in [5, 5.41) is 2.76. The number of fused-ring (bicyclic) bond motifs is 1. The predicted octanol–water partition coefficient (Wildman–Crippen LogP) is 1.53. The fraction of sp³-hybridized carbons (Fsp3) is 0.467. The molecule has 6 nitrogen and oxygen atoms in total. The van der Waals surface area contributed by atoms with E-state index in [1.807, 2.05) is 0 Å². The van der Waals surface area contributed by atoms with Crippen LogP contribution in [0.1, 0.15) is 29.6 Å². The molecule has 0 fully saturated rings. The van der Waals surface area contributed by atoms with Crippen molar-refractivity contribution in [2.75, 3.05) is 26.9 Å². The first-order chi connectivity index (χ1) is 10.2. The van der Waals surface area contributed by atoms with Gasteiger partial charge < -0.3 is 19.5 Å².